The first-order valence-electron chi connectivity index (χ1n) is 6.11. The molecule has 0 N–H and O–H groups in total. The number of fused-ring (bicyclic) bond motifs is 1. The van der Waals surface area contributed by atoms with Gasteiger partial charge in [-0.05, 0) is 20.9 Å². The first-order valence-corrected chi connectivity index (χ1v) is 6.11. The molecule has 0 aliphatic carbocycles. The van der Waals surface area contributed by atoms with Crippen LogP contribution in [-0.2, 0) is 4.79 Å². The van der Waals surface area contributed by atoms with Crippen LogP contribution in [0.5, 0.6) is 0 Å². The molecule has 1 atom stereocenters. The summed E-state index contributed by atoms with van der Waals surface area (Å²) in [6.07, 6.45) is 0. The maximum absolute atomic E-state index is 11.5. The Morgan fingerprint density at radius 3 is 2.56 bits per heavy atom. The van der Waals surface area contributed by atoms with Crippen molar-refractivity contribution in [2.24, 2.45) is 0 Å². The van der Waals surface area contributed by atoms with Crippen LogP contribution in [0, 0.1) is 0 Å². The largest absolute Gasteiger partial charge is 0.339 e. The minimum absolute atomic E-state index is 0.121. The Bertz CT molecular complexity index is 290. The molecule has 16 heavy (non-hydrogen) atoms. The summed E-state index contributed by atoms with van der Waals surface area (Å²) < 4.78 is 0. The fraction of sp³-hybridized carbons (Fsp3) is 0.917. The minimum atomic E-state index is 0.121. The lowest BCUT2D eigenvalue weighted by atomic mass is 9.93. The van der Waals surface area contributed by atoms with Gasteiger partial charge in [-0.25, -0.2) is 0 Å². The van der Waals surface area contributed by atoms with E-state index in [1.54, 1.807) is 6.92 Å². The zero-order valence-corrected chi connectivity index (χ0v) is 10.9. The van der Waals surface area contributed by atoms with Crippen LogP contribution in [0.2, 0.25) is 0 Å². The van der Waals surface area contributed by atoms with Gasteiger partial charge in [-0.3, -0.25) is 9.69 Å². The Hall–Kier alpha value is -0.610. The van der Waals surface area contributed by atoms with Gasteiger partial charge >= 0.3 is 0 Å². The quantitative estimate of drug-likeness (QED) is 0.591. The van der Waals surface area contributed by atoms with Crippen LogP contribution in [0.25, 0.3) is 0 Å². The molecule has 92 valence electrons. The molecule has 4 heteroatoms. The van der Waals surface area contributed by atoms with E-state index < -0.39 is 0 Å². The van der Waals surface area contributed by atoms with Crippen molar-refractivity contribution in [2.45, 2.75) is 32.4 Å². The summed E-state index contributed by atoms with van der Waals surface area (Å²) in [5.41, 5.74) is 0.121. The molecule has 2 aliphatic heterocycles. The van der Waals surface area contributed by atoms with Crippen LogP contribution >= 0.6 is 0 Å². The molecule has 0 radical (unpaired) electrons. The number of piperazine rings is 2. The molecule has 0 aromatic rings. The summed E-state index contributed by atoms with van der Waals surface area (Å²) in [5.74, 6) is 0.209. The van der Waals surface area contributed by atoms with Gasteiger partial charge < -0.3 is 9.80 Å². The molecule has 0 unspecified atom stereocenters. The predicted molar refractivity (Wildman–Crippen MR) is 64.3 cm³/mol. The number of hydrogen-bond acceptors (Lipinski definition) is 3. The summed E-state index contributed by atoms with van der Waals surface area (Å²) in [7, 11) is 2.16. The zero-order chi connectivity index (χ0) is 11.9. The lowest BCUT2D eigenvalue weighted by Gasteiger charge is -2.55. The highest BCUT2D eigenvalue weighted by molar-refractivity contribution is 5.73. The van der Waals surface area contributed by atoms with Gasteiger partial charge in [0, 0.05) is 51.2 Å². The Balaban J connectivity index is 2.15. The molecule has 0 aromatic heterocycles. The number of hydrogen-bond donors (Lipinski definition) is 0. The summed E-state index contributed by atoms with van der Waals surface area (Å²) in [5, 5.41) is 0. The van der Waals surface area contributed by atoms with E-state index in [9.17, 15) is 4.79 Å². The van der Waals surface area contributed by atoms with Gasteiger partial charge in [0.2, 0.25) is 5.91 Å². The molecular formula is C12H23N3O. The fourth-order valence-corrected chi connectivity index (χ4v) is 3.08. The molecule has 0 saturated carbocycles. The monoisotopic (exact) mass is 225 g/mol. The van der Waals surface area contributed by atoms with Gasteiger partial charge in [0.15, 0.2) is 0 Å². The van der Waals surface area contributed by atoms with Gasteiger partial charge in [-0.2, -0.15) is 0 Å². The smallest absolute Gasteiger partial charge is 0.219 e. The highest BCUT2D eigenvalue weighted by Crippen LogP contribution is 2.27. The fourth-order valence-electron chi connectivity index (χ4n) is 3.08. The Morgan fingerprint density at radius 1 is 1.25 bits per heavy atom. The average molecular weight is 225 g/mol. The molecule has 0 aromatic carbocycles. The second-order valence-electron chi connectivity index (χ2n) is 5.82. The van der Waals surface area contributed by atoms with E-state index in [0.717, 1.165) is 32.7 Å². The van der Waals surface area contributed by atoms with Crippen molar-refractivity contribution in [1.82, 2.24) is 14.7 Å². The molecule has 1 amide bonds. The normalized spacial score (nSPS) is 31.2. The van der Waals surface area contributed by atoms with Gasteiger partial charge in [-0.1, -0.05) is 0 Å². The molecule has 2 heterocycles. The third-order valence-electron chi connectivity index (χ3n) is 3.92. The third kappa shape index (κ3) is 2.09. The average Bonchev–Trinajstić information content (AvgIpc) is 2.15. The number of nitrogens with zero attached hydrogens (tertiary/aromatic N) is 3. The summed E-state index contributed by atoms with van der Waals surface area (Å²) >= 11 is 0. The Labute approximate surface area is 98.2 Å². The van der Waals surface area contributed by atoms with Crippen molar-refractivity contribution in [3.8, 4) is 0 Å². The van der Waals surface area contributed by atoms with Crippen molar-refractivity contribution in [2.75, 3.05) is 39.8 Å². The van der Waals surface area contributed by atoms with Gasteiger partial charge in [0.05, 0.1) is 0 Å². The zero-order valence-electron chi connectivity index (χ0n) is 10.9. The van der Waals surface area contributed by atoms with E-state index in [2.05, 4.69) is 30.7 Å². The highest BCUT2D eigenvalue weighted by atomic mass is 16.2. The van der Waals surface area contributed by atoms with Crippen LogP contribution in [0.1, 0.15) is 20.8 Å². The van der Waals surface area contributed by atoms with Crippen molar-refractivity contribution in [3.63, 3.8) is 0 Å². The van der Waals surface area contributed by atoms with Gasteiger partial charge in [-0.15, -0.1) is 0 Å². The second-order valence-corrected chi connectivity index (χ2v) is 5.82. The molecule has 2 aliphatic rings. The summed E-state index contributed by atoms with van der Waals surface area (Å²) in [6, 6.07) is 0.506. The molecule has 0 spiro atoms. The maximum atomic E-state index is 11.5. The van der Waals surface area contributed by atoms with Crippen molar-refractivity contribution < 1.29 is 4.79 Å². The standard InChI is InChI=1S/C12H23N3O/c1-10(16)14-8-11-7-13(4)5-6-15(11)12(2,3)9-14/h11H,5-9H2,1-4H3/t11-/m0/s1. The van der Waals surface area contributed by atoms with Crippen molar-refractivity contribution in [1.29, 1.82) is 0 Å². The molecule has 4 nitrogen and oxygen atoms in total. The van der Waals surface area contributed by atoms with Crippen molar-refractivity contribution in [3.05, 3.63) is 0 Å². The second kappa shape index (κ2) is 4.00. The van der Waals surface area contributed by atoms with Crippen LogP contribution in [0.15, 0.2) is 0 Å². The molecule has 2 saturated heterocycles. The lowest BCUT2D eigenvalue weighted by Crippen LogP contribution is -2.69. The van der Waals surface area contributed by atoms with Crippen LogP contribution in [0.4, 0.5) is 0 Å². The van der Waals surface area contributed by atoms with Gasteiger partial charge in [0.25, 0.3) is 0 Å². The van der Waals surface area contributed by atoms with E-state index in [1.807, 2.05) is 4.90 Å². The van der Waals surface area contributed by atoms with E-state index in [4.69, 9.17) is 0 Å². The number of carbonyl (C=O) groups is 1. The van der Waals surface area contributed by atoms with E-state index in [1.165, 1.54) is 0 Å². The lowest BCUT2D eigenvalue weighted by molar-refractivity contribution is -0.139. The van der Waals surface area contributed by atoms with Gasteiger partial charge in [0.1, 0.15) is 0 Å². The number of rotatable bonds is 0. The van der Waals surface area contributed by atoms with E-state index in [-0.39, 0.29) is 11.4 Å². The third-order valence-corrected chi connectivity index (χ3v) is 3.92. The van der Waals surface area contributed by atoms with E-state index >= 15 is 0 Å². The SMILES string of the molecule is CC(=O)N1C[C@@H]2CN(C)CCN2C(C)(C)C1. The summed E-state index contributed by atoms with van der Waals surface area (Å²) in [6.45, 7) is 11.3. The molecular weight excluding hydrogens is 202 g/mol. The first-order chi connectivity index (χ1) is 7.40. The maximum Gasteiger partial charge on any atom is 0.219 e. The highest BCUT2D eigenvalue weighted by Gasteiger charge is 2.42. The first kappa shape index (κ1) is 11.9. The Kier molecular flexibility index (Phi) is 2.97. The number of amides is 1. The summed E-state index contributed by atoms with van der Waals surface area (Å²) in [4.78, 5) is 18.5. The van der Waals surface area contributed by atoms with Crippen LogP contribution < -0.4 is 0 Å². The number of likely N-dealkylation sites (N-methyl/N-ethyl adjacent to an activating group) is 1. The molecule has 0 bridgehead atoms. The molecule has 2 rings (SSSR count). The minimum Gasteiger partial charge on any atom is -0.339 e. The molecule has 2 fully saturated rings. The van der Waals surface area contributed by atoms with Crippen LogP contribution in [0.3, 0.4) is 0 Å². The Morgan fingerprint density at radius 2 is 1.94 bits per heavy atom. The van der Waals surface area contributed by atoms with Crippen LogP contribution in [-0.4, -0.2) is 72.0 Å². The van der Waals surface area contributed by atoms with Crippen molar-refractivity contribution >= 4 is 5.91 Å². The predicted octanol–water partition coefficient (Wildman–Crippen LogP) is 0.243. The number of carbonyl (C=O) groups excluding carboxylic acids is 1. The topological polar surface area (TPSA) is 26.8 Å². The van der Waals surface area contributed by atoms with E-state index in [0.29, 0.717) is 6.04 Å².